The van der Waals surface area contributed by atoms with Gasteiger partial charge in [0.15, 0.2) is 0 Å². The van der Waals surface area contributed by atoms with Crippen LogP contribution in [0.2, 0.25) is 0 Å². The van der Waals surface area contributed by atoms with Crippen LogP contribution in [0.4, 0.5) is 0 Å². The van der Waals surface area contributed by atoms with Gasteiger partial charge in [0.2, 0.25) is 0 Å². The SMILES string of the molecule is ClC(c1ccc2c(c1)COC2)c1ccco1. The Labute approximate surface area is 98.8 Å². The molecule has 82 valence electrons. The van der Waals surface area contributed by atoms with Gasteiger partial charge in [0, 0.05) is 0 Å². The first kappa shape index (κ1) is 9.94. The second-order valence-electron chi connectivity index (χ2n) is 3.90. The standard InChI is InChI=1S/C13H11ClO2/c14-13(12-2-1-5-16-12)9-3-4-10-7-15-8-11(10)6-9/h1-6,13H,7-8H2. The van der Waals surface area contributed by atoms with Crippen LogP contribution in [0.25, 0.3) is 0 Å². The molecule has 3 heteroatoms. The Bertz CT molecular complexity index is 491. The van der Waals surface area contributed by atoms with Crippen LogP contribution in [0.1, 0.15) is 27.8 Å². The summed E-state index contributed by atoms with van der Waals surface area (Å²) in [6.45, 7) is 1.40. The molecule has 1 aliphatic heterocycles. The highest BCUT2D eigenvalue weighted by atomic mass is 35.5. The van der Waals surface area contributed by atoms with Gasteiger partial charge in [-0.1, -0.05) is 18.2 Å². The first-order valence-electron chi connectivity index (χ1n) is 5.21. The zero-order valence-corrected chi connectivity index (χ0v) is 9.41. The minimum Gasteiger partial charge on any atom is -0.467 e. The summed E-state index contributed by atoms with van der Waals surface area (Å²) in [6.07, 6.45) is 1.64. The third-order valence-corrected chi connectivity index (χ3v) is 3.30. The molecule has 2 nitrogen and oxygen atoms in total. The van der Waals surface area contributed by atoms with E-state index in [4.69, 9.17) is 20.8 Å². The summed E-state index contributed by atoms with van der Waals surface area (Å²) in [5, 5.41) is -0.221. The molecule has 0 fully saturated rings. The summed E-state index contributed by atoms with van der Waals surface area (Å²) in [5.41, 5.74) is 3.54. The van der Waals surface area contributed by atoms with E-state index in [1.54, 1.807) is 6.26 Å². The number of ether oxygens (including phenoxy) is 1. The van der Waals surface area contributed by atoms with Crippen molar-refractivity contribution >= 4 is 11.6 Å². The summed E-state index contributed by atoms with van der Waals surface area (Å²) in [5.74, 6) is 0.778. The summed E-state index contributed by atoms with van der Waals surface area (Å²) in [7, 11) is 0. The van der Waals surface area contributed by atoms with Gasteiger partial charge in [-0.05, 0) is 28.8 Å². The van der Waals surface area contributed by atoms with Gasteiger partial charge in [0.1, 0.15) is 11.1 Å². The number of alkyl halides is 1. The molecule has 2 heterocycles. The second kappa shape index (κ2) is 3.96. The third kappa shape index (κ3) is 1.64. The van der Waals surface area contributed by atoms with E-state index in [0.717, 1.165) is 11.3 Å². The van der Waals surface area contributed by atoms with Crippen molar-refractivity contribution in [1.29, 1.82) is 0 Å². The van der Waals surface area contributed by atoms with Gasteiger partial charge in [-0.15, -0.1) is 11.6 Å². The predicted octanol–water partition coefficient (Wildman–Crippen LogP) is 3.64. The maximum Gasteiger partial charge on any atom is 0.126 e. The van der Waals surface area contributed by atoms with Gasteiger partial charge in [0.25, 0.3) is 0 Å². The lowest BCUT2D eigenvalue weighted by molar-refractivity contribution is 0.134. The molecule has 2 aromatic rings. The average Bonchev–Trinajstić information content (AvgIpc) is 2.98. The Hall–Kier alpha value is -1.25. The molecule has 0 N–H and O–H groups in total. The van der Waals surface area contributed by atoms with Crippen molar-refractivity contribution in [1.82, 2.24) is 0 Å². The van der Waals surface area contributed by atoms with Gasteiger partial charge in [-0.2, -0.15) is 0 Å². The fourth-order valence-corrected chi connectivity index (χ4v) is 2.21. The van der Waals surface area contributed by atoms with Crippen molar-refractivity contribution in [2.45, 2.75) is 18.6 Å². The molecule has 1 aromatic carbocycles. The molecule has 0 amide bonds. The first-order valence-corrected chi connectivity index (χ1v) is 5.65. The van der Waals surface area contributed by atoms with Gasteiger partial charge in [-0.3, -0.25) is 0 Å². The van der Waals surface area contributed by atoms with Crippen LogP contribution in [-0.2, 0) is 18.0 Å². The summed E-state index contributed by atoms with van der Waals surface area (Å²) in [4.78, 5) is 0. The highest BCUT2D eigenvalue weighted by Gasteiger charge is 2.17. The zero-order chi connectivity index (χ0) is 11.0. The van der Waals surface area contributed by atoms with Gasteiger partial charge < -0.3 is 9.15 Å². The van der Waals surface area contributed by atoms with E-state index in [2.05, 4.69) is 12.1 Å². The first-order chi connectivity index (χ1) is 7.84. The maximum absolute atomic E-state index is 6.34. The van der Waals surface area contributed by atoms with Crippen LogP contribution in [-0.4, -0.2) is 0 Å². The molecule has 1 aliphatic rings. The molecular formula is C13H11ClO2. The molecule has 0 bridgehead atoms. The van der Waals surface area contributed by atoms with Gasteiger partial charge >= 0.3 is 0 Å². The largest absolute Gasteiger partial charge is 0.467 e. The van der Waals surface area contributed by atoms with Crippen molar-refractivity contribution in [2.75, 3.05) is 0 Å². The van der Waals surface area contributed by atoms with E-state index >= 15 is 0 Å². The lowest BCUT2D eigenvalue weighted by Crippen LogP contribution is -1.93. The van der Waals surface area contributed by atoms with Crippen molar-refractivity contribution < 1.29 is 9.15 Å². The van der Waals surface area contributed by atoms with Gasteiger partial charge in [0.05, 0.1) is 19.5 Å². The molecule has 0 saturated heterocycles. The minimum absolute atomic E-state index is 0.221. The quantitative estimate of drug-likeness (QED) is 0.741. The topological polar surface area (TPSA) is 22.4 Å². The predicted molar refractivity (Wildman–Crippen MR) is 61.3 cm³/mol. The smallest absolute Gasteiger partial charge is 0.126 e. The number of benzene rings is 1. The van der Waals surface area contributed by atoms with Crippen LogP contribution >= 0.6 is 11.6 Å². The Morgan fingerprint density at radius 2 is 2.00 bits per heavy atom. The molecule has 0 radical (unpaired) electrons. The number of furan rings is 1. The molecule has 3 rings (SSSR count). The summed E-state index contributed by atoms with van der Waals surface area (Å²) >= 11 is 6.34. The number of hydrogen-bond acceptors (Lipinski definition) is 2. The van der Waals surface area contributed by atoms with E-state index in [-0.39, 0.29) is 5.38 Å². The summed E-state index contributed by atoms with van der Waals surface area (Å²) < 4.78 is 10.7. The van der Waals surface area contributed by atoms with Crippen LogP contribution < -0.4 is 0 Å². The lowest BCUT2D eigenvalue weighted by Gasteiger charge is -2.08. The number of hydrogen-bond donors (Lipinski definition) is 0. The molecule has 1 atom stereocenters. The molecule has 0 saturated carbocycles. The monoisotopic (exact) mass is 234 g/mol. The van der Waals surface area contributed by atoms with Gasteiger partial charge in [-0.25, -0.2) is 0 Å². The van der Waals surface area contributed by atoms with Crippen LogP contribution in [0.3, 0.4) is 0 Å². The van der Waals surface area contributed by atoms with Crippen molar-refractivity contribution in [3.8, 4) is 0 Å². The molecular weight excluding hydrogens is 224 g/mol. The Morgan fingerprint density at radius 3 is 2.81 bits per heavy atom. The van der Waals surface area contributed by atoms with Crippen molar-refractivity contribution in [3.63, 3.8) is 0 Å². The average molecular weight is 235 g/mol. The Balaban J connectivity index is 1.95. The summed E-state index contributed by atoms with van der Waals surface area (Å²) in [6, 6.07) is 9.95. The molecule has 0 spiro atoms. The molecule has 16 heavy (non-hydrogen) atoms. The van der Waals surface area contributed by atoms with Crippen molar-refractivity contribution in [3.05, 3.63) is 59.0 Å². The van der Waals surface area contributed by atoms with E-state index in [1.807, 2.05) is 18.2 Å². The van der Waals surface area contributed by atoms with Crippen LogP contribution in [0, 0.1) is 0 Å². The maximum atomic E-state index is 6.34. The molecule has 1 aromatic heterocycles. The Morgan fingerprint density at radius 1 is 1.12 bits per heavy atom. The lowest BCUT2D eigenvalue weighted by atomic mass is 10.0. The zero-order valence-electron chi connectivity index (χ0n) is 8.65. The number of halogens is 1. The fourth-order valence-electron chi connectivity index (χ4n) is 1.95. The van der Waals surface area contributed by atoms with Crippen LogP contribution in [0.15, 0.2) is 41.0 Å². The van der Waals surface area contributed by atoms with E-state index < -0.39 is 0 Å². The second-order valence-corrected chi connectivity index (χ2v) is 4.34. The Kier molecular flexibility index (Phi) is 2.46. The van der Waals surface area contributed by atoms with Crippen LogP contribution in [0.5, 0.6) is 0 Å². The van der Waals surface area contributed by atoms with E-state index in [9.17, 15) is 0 Å². The van der Waals surface area contributed by atoms with E-state index in [0.29, 0.717) is 13.2 Å². The molecule has 1 unspecified atom stereocenters. The molecule has 0 aliphatic carbocycles. The highest BCUT2D eigenvalue weighted by molar-refractivity contribution is 6.22. The number of fused-ring (bicyclic) bond motifs is 1. The normalized spacial score (nSPS) is 16.1. The fraction of sp³-hybridized carbons (Fsp3) is 0.231. The van der Waals surface area contributed by atoms with Crippen molar-refractivity contribution in [2.24, 2.45) is 0 Å². The van der Waals surface area contributed by atoms with E-state index in [1.165, 1.54) is 11.1 Å². The third-order valence-electron chi connectivity index (χ3n) is 2.83. The number of rotatable bonds is 2. The minimum atomic E-state index is -0.221. The highest BCUT2D eigenvalue weighted by Crippen LogP contribution is 2.31.